The van der Waals surface area contributed by atoms with Gasteiger partial charge in [0.2, 0.25) is 5.95 Å². The molecule has 1 N–H and O–H groups in total. The van der Waals surface area contributed by atoms with Crippen molar-refractivity contribution < 1.29 is 4.39 Å². The van der Waals surface area contributed by atoms with Crippen molar-refractivity contribution >= 4 is 28.4 Å². The predicted octanol–water partition coefficient (Wildman–Crippen LogP) is 1.87. The fourth-order valence-corrected chi connectivity index (χ4v) is 0.857. The van der Waals surface area contributed by atoms with Crippen LogP contribution >= 0.6 is 22.6 Å². The molecule has 0 amide bonds. The van der Waals surface area contributed by atoms with Gasteiger partial charge in [-0.05, 0) is 34.7 Å². The van der Waals surface area contributed by atoms with Crippen molar-refractivity contribution in [3.05, 3.63) is 21.7 Å². The molecule has 0 bridgehead atoms. The summed E-state index contributed by atoms with van der Waals surface area (Å²) in [5.41, 5.74) is 0. The molecule has 54 valence electrons. The van der Waals surface area contributed by atoms with E-state index in [1.165, 1.54) is 0 Å². The molecule has 0 aliphatic rings. The molecule has 0 spiro atoms. The molecule has 0 aliphatic heterocycles. The molecule has 1 aromatic heterocycles. The molecule has 1 rings (SSSR count). The molecule has 4 heteroatoms. The summed E-state index contributed by atoms with van der Waals surface area (Å²) in [6, 6.07) is 3.40. The molecule has 0 aromatic carbocycles. The molecular formula is C6H6FIN2. The summed E-state index contributed by atoms with van der Waals surface area (Å²) in [5.74, 6) is 0.130. The fourth-order valence-electron chi connectivity index (χ4n) is 0.557. The lowest BCUT2D eigenvalue weighted by Gasteiger charge is -1.98. The Bertz CT molecular complexity index is 239. The zero-order chi connectivity index (χ0) is 7.56. The van der Waals surface area contributed by atoms with Crippen LogP contribution in [0.4, 0.5) is 10.2 Å². The Morgan fingerprint density at radius 3 is 2.80 bits per heavy atom. The molecule has 0 saturated heterocycles. The van der Waals surface area contributed by atoms with Gasteiger partial charge >= 0.3 is 0 Å². The second-order valence-electron chi connectivity index (χ2n) is 1.72. The highest BCUT2D eigenvalue weighted by molar-refractivity contribution is 14.1. The Morgan fingerprint density at radius 2 is 2.30 bits per heavy atom. The lowest BCUT2D eigenvalue weighted by Crippen LogP contribution is -1.95. The van der Waals surface area contributed by atoms with Gasteiger partial charge in [-0.15, -0.1) is 0 Å². The van der Waals surface area contributed by atoms with Gasteiger partial charge in [0, 0.05) is 7.05 Å². The van der Waals surface area contributed by atoms with Crippen molar-refractivity contribution in [3.63, 3.8) is 0 Å². The fraction of sp³-hybridized carbons (Fsp3) is 0.167. The van der Waals surface area contributed by atoms with Gasteiger partial charge in [-0.25, -0.2) is 4.98 Å². The predicted molar refractivity (Wildman–Crippen MR) is 46.5 cm³/mol. The number of rotatable bonds is 1. The Kier molecular flexibility index (Phi) is 2.42. The topological polar surface area (TPSA) is 24.9 Å². The normalized spacial score (nSPS) is 9.50. The van der Waals surface area contributed by atoms with Crippen LogP contribution in [0, 0.1) is 9.52 Å². The zero-order valence-corrected chi connectivity index (χ0v) is 7.52. The second kappa shape index (κ2) is 3.14. The average molecular weight is 252 g/mol. The summed E-state index contributed by atoms with van der Waals surface area (Å²) in [4.78, 5) is 3.61. The van der Waals surface area contributed by atoms with Crippen molar-refractivity contribution in [3.8, 4) is 0 Å². The second-order valence-corrected chi connectivity index (χ2v) is 2.88. The lowest BCUT2D eigenvalue weighted by molar-refractivity contribution is 0.577. The number of nitrogens with one attached hydrogen (secondary N) is 1. The maximum Gasteiger partial charge on any atom is 0.228 e. The highest BCUT2D eigenvalue weighted by Gasteiger charge is 1.98. The van der Waals surface area contributed by atoms with Gasteiger partial charge in [-0.1, -0.05) is 0 Å². The smallest absolute Gasteiger partial charge is 0.228 e. The third kappa shape index (κ3) is 1.56. The van der Waals surface area contributed by atoms with Crippen LogP contribution in [-0.4, -0.2) is 12.0 Å². The van der Waals surface area contributed by atoms with Crippen molar-refractivity contribution in [2.24, 2.45) is 0 Å². The van der Waals surface area contributed by atoms with Crippen molar-refractivity contribution in [2.75, 3.05) is 12.4 Å². The van der Waals surface area contributed by atoms with Gasteiger partial charge in [0.25, 0.3) is 0 Å². The number of nitrogens with zero attached hydrogens (tertiary/aromatic N) is 1. The minimum absolute atomic E-state index is 0.424. The Labute approximate surface area is 72.0 Å². The van der Waals surface area contributed by atoms with Crippen LogP contribution in [0.15, 0.2) is 12.1 Å². The van der Waals surface area contributed by atoms with E-state index in [1.54, 1.807) is 19.2 Å². The molecule has 0 saturated carbocycles. The van der Waals surface area contributed by atoms with Crippen molar-refractivity contribution in [1.29, 1.82) is 0 Å². The van der Waals surface area contributed by atoms with E-state index in [-0.39, 0.29) is 0 Å². The first-order valence-electron chi connectivity index (χ1n) is 2.74. The minimum Gasteiger partial charge on any atom is -0.373 e. The molecule has 0 aliphatic carbocycles. The summed E-state index contributed by atoms with van der Waals surface area (Å²) in [6.45, 7) is 0. The van der Waals surface area contributed by atoms with Gasteiger partial charge in [0.05, 0.1) is 3.57 Å². The third-order valence-electron chi connectivity index (χ3n) is 1.06. The molecule has 0 fully saturated rings. The monoisotopic (exact) mass is 252 g/mol. The van der Waals surface area contributed by atoms with Crippen molar-refractivity contribution in [1.82, 2.24) is 4.98 Å². The van der Waals surface area contributed by atoms with Gasteiger partial charge in [0.1, 0.15) is 5.82 Å². The van der Waals surface area contributed by atoms with Crippen LogP contribution in [0.25, 0.3) is 0 Å². The summed E-state index contributed by atoms with van der Waals surface area (Å²) in [7, 11) is 1.70. The zero-order valence-electron chi connectivity index (χ0n) is 5.36. The number of pyridine rings is 1. The van der Waals surface area contributed by atoms with Crippen molar-refractivity contribution in [2.45, 2.75) is 0 Å². The number of aromatic nitrogens is 1. The number of anilines is 1. The first-order valence-corrected chi connectivity index (χ1v) is 3.81. The average Bonchev–Trinajstić information content (AvgIpc) is 1.95. The number of hydrogen-bond acceptors (Lipinski definition) is 2. The molecule has 1 heterocycles. The molecule has 0 unspecified atom stereocenters. The quantitative estimate of drug-likeness (QED) is 0.609. The maximum atomic E-state index is 12.6. The summed E-state index contributed by atoms with van der Waals surface area (Å²) < 4.78 is 13.1. The SMILES string of the molecule is CNc1ccc(I)c(F)n1. The number of halogens is 2. The van der Waals surface area contributed by atoms with Crippen LogP contribution in [0.1, 0.15) is 0 Å². The summed E-state index contributed by atoms with van der Waals surface area (Å²) >= 11 is 1.89. The van der Waals surface area contributed by atoms with E-state index in [9.17, 15) is 4.39 Å². The minimum atomic E-state index is -0.424. The molecular weight excluding hydrogens is 246 g/mol. The van der Waals surface area contributed by atoms with Gasteiger partial charge in [-0.3, -0.25) is 0 Å². The lowest BCUT2D eigenvalue weighted by atomic mass is 10.4. The van der Waals surface area contributed by atoms with Gasteiger partial charge < -0.3 is 5.32 Å². The molecule has 0 atom stereocenters. The Morgan fingerprint density at radius 1 is 1.60 bits per heavy atom. The molecule has 10 heavy (non-hydrogen) atoms. The molecule has 0 radical (unpaired) electrons. The van der Waals surface area contributed by atoms with E-state index in [1.807, 2.05) is 22.6 Å². The van der Waals surface area contributed by atoms with Crippen LogP contribution in [0.2, 0.25) is 0 Å². The van der Waals surface area contributed by atoms with Crippen LogP contribution in [0.5, 0.6) is 0 Å². The van der Waals surface area contributed by atoms with E-state index < -0.39 is 5.95 Å². The first kappa shape index (κ1) is 7.71. The molecule has 1 aromatic rings. The van der Waals surface area contributed by atoms with E-state index in [0.29, 0.717) is 9.39 Å². The van der Waals surface area contributed by atoms with E-state index in [4.69, 9.17) is 0 Å². The Hall–Kier alpha value is -0.390. The van der Waals surface area contributed by atoms with Crippen LogP contribution in [-0.2, 0) is 0 Å². The van der Waals surface area contributed by atoms with Crippen LogP contribution < -0.4 is 5.32 Å². The first-order chi connectivity index (χ1) is 4.74. The van der Waals surface area contributed by atoms with Crippen LogP contribution in [0.3, 0.4) is 0 Å². The van der Waals surface area contributed by atoms with Gasteiger partial charge in [-0.2, -0.15) is 4.39 Å². The van der Waals surface area contributed by atoms with E-state index in [2.05, 4.69) is 10.3 Å². The maximum absolute atomic E-state index is 12.6. The Balaban J connectivity index is 3.04. The standard InChI is InChI=1S/C6H6FIN2/c1-9-5-3-2-4(8)6(7)10-5/h2-3H,1H3,(H,9,10). The summed E-state index contributed by atoms with van der Waals surface area (Å²) in [5, 5.41) is 2.74. The van der Waals surface area contributed by atoms with E-state index in [0.717, 1.165) is 0 Å². The highest BCUT2D eigenvalue weighted by atomic mass is 127. The largest absolute Gasteiger partial charge is 0.373 e. The van der Waals surface area contributed by atoms with Gasteiger partial charge in [0.15, 0.2) is 0 Å². The van der Waals surface area contributed by atoms with E-state index >= 15 is 0 Å². The third-order valence-corrected chi connectivity index (χ3v) is 1.86. The summed E-state index contributed by atoms with van der Waals surface area (Å²) in [6.07, 6.45) is 0. The number of hydrogen-bond donors (Lipinski definition) is 1. The highest BCUT2D eigenvalue weighted by Crippen LogP contribution is 2.10. The molecule has 2 nitrogen and oxygen atoms in total.